The van der Waals surface area contributed by atoms with E-state index in [4.69, 9.17) is 4.42 Å². The summed E-state index contributed by atoms with van der Waals surface area (Å²) in [4.78, 5) is 13.6. The molecule has 1 heterocycles. The first-order chi connectivity index (χ1) is 7.13. The number of Topliss-reactive ketones (excluding diaryl/α,β-unsaturated/α-hetero) is 1. The average Bonchev–Trinajstić information content (AvgIpc) is 2.68. The number of hydrogen-bond acceptors (Lipinski definition) is 3. The summed E-state index contributed by atoms with van der Waals surface area (Å²) in [7, 11) is 1.93. The Labute approximate surface area is 91.1 Å². The van der Waals surface area contributed by atoms with E-state index in [1.807, 2.05) is 37.9 Å². The number of nitrogens with zero attached hydrogens (tertiary/aromatic N) is 1. The fourth-order valence-corrected chi connectivity index (χ4v) is 1.37. The van der Waals surface area contributed by atoms with Gasteiger partial charge in [0.1, 0.15) is 11.5 Å². The lowest BCUT2D eigenvalue weighted by molar-refractivity contribution is -0.123. The van der Waals surface area contributed by atoms with Crippen molar-refractivity contribution in [3.8, 4) is 0 Å². The summed E-state index contributed by atoms with van der Waals surface area (Å²) in [6, 6.07) is 3.78. The van der Waals surface area contributed by atoms with Gasteiger partial charge in [-0.15, -0.1) is 0 Å². The summed E-state index contributed by atoms with van der Waals surface area (Å²) in [5.74, 6) is 1.35. The number of rotatable bonds is 6. The highest BCUT2D eigenvalue weighted by atomic mass is 16.3. The molecule has 3 heteroatoms. The molecule has 0 aliphatic carbocycles. The van der Waals surface area contributed by atoms with Crippen LogP contribution in [0.1, 0.15) is 26.0 Å². The molecule has 0 aliphatic heterocycles. The van der Waals surface area contributed by atoms with E-state index in [0.717, 1.165) is 12.2 Å². The Morgan fingerprint density at radius 2 is 2.33 bits per heavy atom. The van der Waals surface area contributed by atoms with Crippen LogP contribution < -0.4 is 0 Å². The molecule has 15 heavy (non-hydrogen) atoms. The molecule has 1 aromatic rings. The van der Waals surface area contributed by atoms with Crippen LogP contribution in [0.25, 0.3) is 0 Å². The fraction of sp³-hybridized carbons (Fsp3) is 0.583. The lowest BCUT2D eigenvalue weighted by Gasteiger charge is -2.16. The quantitative estimate of drug-likeness (QED) is 0.721. The van der Waals surface area contributed by atoms with Crippen LogP contribution in [-0.4, -0.2) is 24.3 Å². The summed E-state index contributed by atoms with van der Waals surface area (Å²) in [6.45, 7) is 5.20. The Hall–Kier alpha value is -1.09. The van der Waals surface area contributed by atoms with Gasteiger partial charge in [0.15, 0.2) is 0 Å². The van der Waals surface area contributed by atoms with Crippen LogP contribution in [0.4, 0.5) is 0 Å². The molecule has 0 aromatic carbocycles. The van der Waals surface area contributed by atoms with Crippen molar-refractivity contribution in [2.45, 2.75) is 26.8 Å². The van der Waals surface area contributed by atoms with Gasteiger partial charge < -0.3 is 4.42 Å². The average molecular weight is 209 g/mol. The monoisotopic (exact) mass is 209 g/mol. The minimum absolute atomic E-state index is 0.157. The third kappa shape index (κ3) is 3.88. The highest BCUT2D eigenvalue weighted by Crippen LogP contribution is 2.07. The lowest BCUT2D eigenvalue weighted by atomic mass is 10.0. The third-order valence-corrected chi connectivity index (χ3v) is 2.59. The molecule has 0 fully saturated rings. The molecule has 84 valence electrons. The van der Waals surface area contributed by atoms with Crippen molar-refractivity contribution in [2.75, 3.05) is 13.6 Å². The first kappa shape index (κ1) is 12.0. The molecule has 0 bridgehead atoms. The molecule has 1 atom stereocenters. The molecule has 3 nitrogen and oxygen atoms in total. The Morgan fingerprint density at radius 1 is 1.60 bits per heavy atom. The van der Waals surface area contributed by atoms with Gasteiger partial charge in [-0.2, -0.15) is 0 Å². The van der Waals surface area contributed by atoms with Gasteiger partial charge in [-0.1, -0.05) is 13.8 Å². The second-order valence-corrected chi connectivity index (χ2v) is 4.03. The first-order valence-electron chi connectivity index (χ1n) is 5.37. The van der Waals surface area contributed by atoms with Crippen LogP contribution in [0.5, 0.6) is 0 Å². The van der Waals surface area contributed by atoms with Crippen molar-refractivity contribution in [1.82, 2.24) is 4.90 Å². The van der Waals surface area contributed by atoms with Crippen LogP contribution in [-0.2, 0) is 11.3 Å². The molecule has 0 amide bonds. The first-order valence-corrected chi connectivity index (χ1v) is 5.37. The zero-order chi connectivity index (χ0) is 11.3. The molecule has 0 spiro atoms. The van der Waals surface area contributed by atoms with Gasteiger partial charge in [-0.3, -0.25) is 9.69 Å². The zero-order valence-corrected chi connectivity index (χ0v) is 9.69. The summed E-state index contributed by atoms with van der Waals surface area (Å²) in [5.41, 5.74) is 0. The van der Waals surface area contributed by atoms with Crippen LogP contribution >= 0.6 is 0 Å². The molecule has 0 radical (unpaired) electrons. The second-order valence-electron chi connectivity index (χ2n) is 4.03. The van der Waals surface area contributed by atoms with E-state index in [0.29, 0.717) is 18.9 Å². The highest BCUT2D eigenvalue weighted by molar-refractivity contribution is 5.82. The summed E-state index contributed by atoms with van der Waals surface area (Å²) < 4.78 is 5.22. The number of carbonyl (C=O) groups is 1. The number of likely N-dealkylation sites (N-methyl/N-ethyl adjacent to an activating group) is 1. The van der Waals surface area contributed by atoms with Gasteiger partial charge >= 0.3 is 0 Å². The van der Waals surface area contributed by atoms with Crippen molar-refractivity contribution >= 4 is 5.78 Å². The van der Waals surface area contributed by atoms with E-state index in [1.54, 1.807) is 6.26 Å². The molecule has 0 N–H and O–H groups in total. The van der Waals surface area contributed by atoms with Crippen molar-refractivity contribution in [2.24, 2.45) is 5.92 Å². The van der Waals surface area contributed by atoms with Gasteiger partial charge in [0.25, 0.3) is 0 Å². The van der Waals surface area contributed by atoms with Crippen molar-refractivity contribution in [3.63, 3.8) is 0 Å². The standard InChI is InChI=1S/C12H19NO2/c1-4-10(2)12(14)9-13(3)8-11-6-5-7-15-11/h5-7,10H,4,8-9H2,1-3H3. The van der Waals surface area contributed by atoms with Crippen molar-refractivity contribution in [1.29, 1.82) is 0 Å². The van der Waals surface area contributed by atoms with Gasteiger partial charge in [-0.25, -0.2) is 0 Å². The smallest absolute Gasteiger partial charge is 0.149 e. The van der Waals surface area contributed by atoms with E-state index in [1.165, 1.54) is 0 Å². The molecular formula is C12H19NO2. The van der Waals surface area contributed by atoms with E-state index < -0.39 is 0 Å². The largest absolute Gasteiger partial charge is 0.468 e. The third-order valence-electron chi connectivity index (χ3n) is 2.59. The van der Waals surface area contributed by atoms with Gasteiger partial charge in [-0.05, 0) is 25.6 Å². The van der Waals surface area contributed by atoms with Crippen LogP contribution in [0.3, 0.4) is 0 Å². The summed E-state index contributed by atoms with van der Waals surface area (Å²) in [6.07, 6.45) is 2.56. The Balaban J connectivity index is 2.36. The minimum Gasteiger partial charge on any atom is -0.468 e. The fourth-order valence-electron chi connectivity index (χ4n) is 1.37. The van der Waals surface area contributed by atoms with E-state index in [9.17, 15) is 4.79 Å². The molecule has 0 saturated carbocycles. The van der Waals surface area contributed by atoms with E-state index in [-0.39, 0.29) is 5.92 Å². The number of ketones is 1. The van der Waals surface area contributed by atoms with Crippen molar-refractivity contribution in [3.05, 3.63) is 24.2 Å². The maximum Gasteiger partial charge on any atom is 0.149 e. The number of hydrogen-bond donors (Lipinski definition) is 0. The molecule has 0 saturated heterocycles. The molecule has 0 aliphatic rings. The van der Waals surface area contributed by atoms with Crippen LogP contribution in [0.2, 0.25) is 0 Å². The second kappa shape index (κ2) is 5.71. The van der Waals surface area contributed by atoms with Gasteiger partial charge in [0.05, 0.1) is 19.4 Å². The lowest BCUT2D eigenvalue weighted by Crippen LogP contribution is -2.28. The van der Waals surface area contributed by atoms with Gasteiger partial charge in [0, 0.05) is 5.92 Å². The van der Waals surface area contributed by atoms with E-state index >= 15 is 0 Å². The maximum absolute atomic E-state index is 11.6. The normalized spacial score (nSPS) is 13.1. The summed E-state index contributed by atoms with van der Waals surface area (Å²) >= 11 is 0. The molecule has 1 aromatic heterocycles. The van der Waals surface area contributed by atoms with Crippen LogP contribution in [0.15, 0.2) is 22.8 Å². The molecule has 1 unspecified atom stereocenters. The Morgan fingerprint density at radius 3 is 2.87 bits per heavy atom. The molecule has 1 rings (SSSR count). The predicted octanol–water partition coefficient (Wildman–Crippen LogP) is 2.33. The van der Waals surface area contributed by atoms with Crippen LogP contribution in [0, 0.1) is 5.92 Å². The minimum atomic E-state index is 0.157. The Bertz CT molecular complexity index is 293. The number of furan rings is 1. The SMILES string of the molecule is CCC(C)C(=O)CN(C)Cc1ccco1. The Kier molecular flexibility index (Phi) is 4.56. The molecular weight excluding hydrogens is 190 g/mol. The zero-order valence-electron chi connectivity index (χ0n) is 9.69. The predicted molar refractivity (Wildman–Crippen MR) is 59.5 cm³/mol. The number of carbonyl (C=O) groups excluding carboxylic acids is 1. The summed E-state index contributed by atoms with van der Waals surface area (Å²) in [5, 5.41) is 0. The van der Waals surface area contributed by atoms with Crippen molar-refractivity contribution < 1.29 is 9.21 Å². The topological polar surface area (TPSA) is 33.5 Å². The maximum atomic E-state index is 11.6. The van der Waals surface area contributed by atoms with E-state index in [2.05, 4.69) is 0 Å². The van der Waals surface area contributed by atoms with Gasteiger partial charge in [0.2, 0.25) is 0 Å². The highest BCUT2D eigenvalue weighted by Gasteiger charge is 2.13.